The van der Waals surface area contributed by atoms with Crippen molar-refractivity contribution >= 4 is 5.91 Å². The van der Waals surface area contributed by atoms with Gasteiger partial charge in [0.2, 0.25) is 5.91 Å². The minimum atomic E-state index is -0.121. The van der Waals surface area contributed by atoms with Gasteiger partial charge in [0.1, 0.15) is 0 Å². The van der Waals surface area contributed by atoms with E-state index in [4.69, 9.17) is 4.74 Å². The number of amides is 1. The molecule has 1 aliphatic rings. The lowest BCUT2D eigenvalue weighted by molar-refractivity contribution is -0.123. The van der Waals surface area contributed by atoms with Crippen molar-refractivity contribution in [2.24, 2.45) is 0 Å². The van der Waals surface area contributed by atoms with Crippen molar-refractivity contribution in [2.45, 2.75) is 71.2 Å². The van der Waals surface area contributed by atoms with Gasteiger partial charge in [-0.05, 0) is 40.0 Å². The minimum Gasteiger partial charge on any atom is -0.375 e. The van der Waals surface area contributed by atoms with Crippen LogP contribution in [0.5, 0.6) is 0 Å². The third kappa shape index (κ3) is 5.04. The van der Waals surface area contributed by atoms with Gasteiger partial charge in [-0.3, -0.25) is 4.79 Å². The zero-order valence-electron chi connectivity index (χ0n) is 11.5. The minimum absolute atomic E-state index is 0.0960. The summed E-state index contributed by atoms with van der Waals surface area (Å²) < 4.78 is 5.68. The second kappa shape index (κ2) is 6.97. The van der Waals surface area contributed by atoms with Crippen LogP contribution in [-0.2, 0) is 9.53 Å². The van der Waals surface area contributed by atoms with Gasteiger partial charge in [0.05, 0.1) is 18.2 Å². The Morgan fingerprint density at radius 3 is 2.47 bits per heavy atom. The van der Waals surface area contributed by atoms with Crippen molar-refractivity contribution in [2.75, 3.05) is 6.54 Å². The van der Waals surface area contributed by atoms with Gasteiger partial charge in [-0.1, -0.05) is 6.92 Å². The monoisotopic (exact) mass is 242 g/mol. The Labute approximate surface area is 104 Å². The molecule has 1 heterocycles. The Hall–Kier alpha value is -0.610. The SMILES string of the molecule is CCCNC(=O)C(C)NC1CC(C)OC(C)C1. The molecule has 1 amide bonds. The van der Waals surface area contributed by atoms with Gasteiger partial charge in [-0.25, -0.2) is 0 Å². The van der Waals surface area contributed by atoms with Gasteiger partial charge in [-0.15, -0.1) is 0 Å². The fourth-order valence-electron chi connectivity index (χ4n) is 2.37. The fourth-order valence-corrected chi connectivity index (χ4v) is 2.37. The maximum atomic E-state index is 11.7. The van der Waals surface area contributed by atoms with Crippen LogP contribution in [0.4, 0.5) is 0 Å². The number of rotatable bonds is 5. The van der Waals surface area contributed by atoms with E-state index < -0.39 is 0 Å². The van der Waals surface area contributed by atoms with Crippen LogP contribution in [0.15, 0.2) is 0 Å². The number of carbonyl (C=O) groups is 1. The first-order valence-corrected chi connectivity index (χ1v) is 6.72. The van der Waals surface area contributed by atoms with Crippen molar-refractivity contribution in [3.8, 4) is 0 Å². The Morgan fingerprint density at radius 2 is 1.94 bits per heavy atom. The van der Waals surface area contributed by atoms with Crippen molar-refractivity contribution < 1.29 is 9.53 Å². The molecule has 1 aliphatic heterocycles. The van der Waals surface area contributed by atoms with Crippen molar-refractivity contribution in [3.05, 3.63) is 0 Å². The van der Waals surface area contributed by atoms with Crippen LogP contribution in [0.3, 0.4) is 0 Å². The average Bonchev–Trinajstić information content (AvgIpc) is 2.24. The van der Waals surface area contributed by atoms with E-state index in [1.807, 2.05) is 6.92 Å². The molecule has 1 fully saturated rings. The second-order valence-corrected chi connectivity index (χ2v) is 5.11. The van der Waals surface area contributed by atoms with E-state index in [0.29, 0.717) is 6.04 Å². The second-order valence-electron chi connectivity index (χ2n) is 5.11. The number of carbonyl (C=O) groups excluding carboxylic acids is 1. The standard InChI is InChI=1S/C13H26N2O2/c1-5-6-14-13(16)11(4)15-12-7-9(2)17-10(3)8-12/h9-12,15H,5-8H2,1-4H3,(H,14,16). The Balaban J connectivity index is 2.34. The third-order valence-corrected chi connectivity index (χ3v) is 3.13. The lowest BCUT2D eigenvalue weighted by Gasteiger charge is -2.34. The summed E-state index contributed by atoms with van der Waals surface area (Å²) in [5.74, 6) is 0.0960. The lowest BCUT2D eigenvalue weighted by atomic mass is 9.99. The van der Waals surface area contributed by atoms with E-state index in [9.17, 15) is 4.79 Å². The predicted octanol–water partition coefficient (Wildman–Crippen LogP) is 1.45. The van der Waals surface area contributed by atoms with Crippen LogP contribution in [-0.4, -0.2) is 36.7 Å². The molecule has 1 saturated heterocycles. The van der Waals surface area contributed by atoms with Crippen LogP contribution in [0.25, 0.3) is 0 Å². The summed E-state index contributed by atoms with van der Waals surface area (Å²) in [7, 11) is 0. The molecule has 0 bridgehead atoms. The molecule has 2 N–H and O–H groups in total. The number of hydrogen-bond donors (Lipinski definition) is 2. The largest absolute Gasteiger partial charge is 0.375 e. The van der Waals surface area contributed by atoms with Crippen LogP contribution in [0.1, 0.15) is 47.0 Å². The molecule has 3 atom stereocenters. The van der Waals surface area contributed by atoms with E-state index in [1.165, 1.54) is 0 Å². The predicted molar refractivity (Wildman–Crippen MR) is 68.9 cm³/mol. The van der Waals surface area contributed by atoms with E-state index in [1.54, 1.807) is 0 Å². The molecule has 100 valence electrons. The van der Waals surface area contributed by atoms with Crippen molar-refractivity contribution in [1.29, 1.82) is 0 Å². The van der Waals surface area contributed by atoms with Crippen LogP contribution < -0.4 is 10.6 Å². The molecular formula is C13H26N2O2. The first kappa shape index (κ1) is 14.5. The summed E-state index contributed by atoms with van der Waals surface area (Å²) in [6, 6.07) is 0.264. The fraction of sp³-hybridized carbons (Fsp3) is 0.923. The maximum absolute atomic E-state index is 11.7. The number of hydrogen-bond acceptors (Lipinski definition) is 3. The Kier molecular flexibility index (Phi) is 5.92. The van der Waals surface area contributed by atoms with Crippen molar-refractivity contribution in [3.63, 3.8) is 0 Å². The summed E-state index contributed by atoms with van der Waals surface area (Å²) in [5, 5.41) is 6.31. The number of ether oxygens (including phenoxy) is 1. The molecule has 0 saturated carbocycles. The van der Waals surface area contributed by atoms with Gasteiger partial charge >= 0.3 is 0 Å². The molecule has 0 aromatic rings. The molecule has 1 rings (SSSR count). The topological polar surface area (TPSA) is 50.4 Å². The van der Waals surface area contributed by atoms with Gasteiger partial charge in [0.25, 0.3) is 0 Å². The average molecular weight is 242 g/mol. The first-order chi connectivity index (χ1) is 8.02. The van der Waals surface area contributed by atoms with Crippen molar-refractivity contribution in [1.82, 2.24) is 10.6 Å². The molecule has 0 spiro atoms. The van der Waals surface area contributed by atoms with Crippen LogP contribution in [0, 0.1) is 0 Å². The quantitative estimate of drug-likeness (QED) is 0.767. The van der Waals surface area contributed by atoms with E-state index in [-0.39, 0.29) is 24.2 Å². The zero-order valence-corrected chi connectivity index (χ0v) is 11.5. The highest BCUT2D eigenvalue weighted by molar-refractivity contribution is 5.81. The van der Waals surface area contributed by atoms with Gasteiger partial charge < -0.3 is 15.4 Å². The molecular weight excluding hydrogens is 216 g/mol. The highest BCUT2D eigenvalue weighted by Crippen LogP contribution is 2.19. The molecule has 0 aromatic heterocycles. The van der Waals surface area contributed by atoms with Gasteiger partial charge in [0, 0.05) is 12.6 Å². The Bertz CT molecular complexity index is 236. The van der Waals surface area contributed by atoms with E-state index in [2.05, 4.69) is 31.4 Å². The molecule has 4 nitrogen and oxygen atoms in total. The van der Waals surface area contributed by atoms with Crippen LogP contribution in [0.2, 0.25) is 0 Å². The maximum Gasteiger partial charge on any atom is 0.236 e. The highest BCUT2D eigenvalue weighted by Gasteiger charge is 2.26. The summed E-state index contributed by atoms with van der Waals surface area (Å²) in [5.41, 5.74) is 0. The van der Waals surface area contributed by atoms with E-state index in [0.717, 1.165) is 25.8 Å². The summed E-state index contributed by atoms with van der Waals surface area (Å²) in [4.78, 5) is 11.7. The smallest absolute Gasteiger partial charge is 0.236 e. The third-order valence-electron chi connectivity index (χ3n) is 3.13. The molecule has 0 aromatic carbocycles. The van der Waals surface area contributed by atoms with E-state index >= 15 is 0 Å². The Morgan fingerprint density at radius 1 is 1.35 bits per heavy atom. The first-order valence-electron chi connectivity index (χ1n) is 6.72. The van der Waals surface area contributed by atoms with Gasteiger partial charge in [0.15, 0.2) is 0 Å². The summed E-state index contributed by atoms with van der Waals surface area (Å²) in [6.07, 6.45) is 3.50. The number of nitrogens with one attached hydrogen (secondary N) is 2. The highest BCUT2D eigenvalue weighted by atomic mass is 16.5. The van der Waals surface area contributed by atoms with Gasteiger partial charge in [-0.2, -0.15) is 0 Å². The summed E-state index contributed by atoms with van der Waals surface area (Å²) >= 11 is 0. The lowest BCUT2D eigenvalue weighted by Crippen LogP contribution is -2.50. The molecule has 0 aliphatic carbocycles. The molecule has 3 unspecified atom stereocenters. The summed E-state index contributed by atoms with van der Waals surface area (Å²) in [6.45, 7) is 8.92. The normalized spacial score (nSPS) is 30.9. The molecule has 0 radical (unpaired) electrons. The zero-order chi connectivity index (χ0) is 12.8. The van der Waals surface area contributed by atoms with Crippen LogP contribution >= 0.6 is 0 Å². The molecule has 4 heteroatoms. The molecule has 17 heavy (non-hydrogen) atoms.